The summed E-state index contributed by atoms with van der Waals surface area (Å²) in [7, 11) is -3.02. The molecule has 0 amide bonds. The summed E-state index contributed by atoms with van der Waals surface area (Å²) in [4.78, 5) is 11.9. The summed E-state index contributed by atoms with van der Waals surface area (Å²) in [6.45, 7) is 12.4. The maximum Gasteiger partial charge on any atom is 0.306 e. The van der Waals surface area contributed by atoms with Gasteiger partial charge >= 0.3 is 5.97 Å². The van der Waals surface area contributed by atoms with Crippen LogP contribution in [0.5, 0.6) is 0 Å². The third-order valence-corrected chi connectivity index (χ3v) is 10.3. The Kier molecular flexibility index (Phi) is 4.98. The van der Waals surface area contributed by atoms with Gasteiger partial charge in [-0.25, -0.2) is 0 Å². The average molecular weight is 274 g/mol. The van der Waals surface area contributed by atoms with Crippen LogP contribution in [-0.2, 0) is 9.22 Å². The molecule has 0 N–H and O–H groups in total. The Morgan fingerprint density at radius 2 is 1.88 bits per heavy atom. The molecule has 0 spiro atoms. The molecule has 0 bridgehead atoms. The molecule has 0 aromatic rings. The van der Waals surface area contributed by atoms with E-state index in [-0.39, 0.29) is 5.97 Å². The van der Waals surface area contributed by atoms with E-state index >= 15 is 0 Å². The molecular weight excluding hydrogens is 246 g/mol. The maximum absolute atomic E-state index is 11.9. The molecule has 1 aliphatic heterocycles. The molecule has 1 fully saturated rings. The maximum atomic E-state index is 11.9. The first-order valence-electron chi connectivity index (χ1n) is 6.80. The van der Waals surface area contributed by atoms with Crippen molar-refractivity contribution in [3.63, 3.8) is 0 Å². The van der Waals surface area contributed by atoms with Crippen molar-refractivity contribution in [1.82, 2.24) is 4.57 Å². The summed E-state index contributed by atoms with van der Waals surface area (Å²) >= 11 is 0. The van der Waals surface area contributed by atoms with Crippen LogP contribution in [0.4, 0.5) is 0 Å². The first-order valence-corrected chi connectivity index (χ1v) is 12.8. The molecule has 0 unspecified atom stereocenters. The second kappa shape index (κ2) is 5.67. The van der Waals surface area contributed by atoms with Gasteiger partial charge in [-0.1, -0.05) is 13.8 Å². The zero-order valence-electron chi connectivity index (χ0n) is 12.0. The van der Waals surface area contributed by atoms with Crippen LogP contribution in [-0.4, -0.2) is 40.2 Å². The fraction of sp³-hybridized carbons (Fsp3) is 0.917. The van der Waals surface area contributed by atoms with Crippen molar-refractivity contribution in [2.75, 3.05) is 13.1 Å². The molecule has 0 aliphatic carbocycles. The minimum absolute atomic E-state index is 0.00448. The molecule has 0 atom stereocenters. The molecule has 17 heavy (non-hydrogen) atoms. The summed E-state index contributed by atoms with van der Waals surface area (Å²) < 4.78 is 8.04. The van der Waals surface area contributed by atoms with Gasteiger partial charge < -0.3 is 8.99 Å². The van der Waals surface area contributed by atoms with Crippen molar-refractivity contribution >= 4 is 22.5 Å². The van der Waals surface area contributed by atoms with Gasteiger partial charge in [-0.2, -0.15) is 0 Å². The van der Waals surface area contributed by atoms with Crippen LogP contribution >= 0.6 is 0 Å². The average Bonchev–Trinajstić information content (AvgIpc) is 2.58. The van der Waals surface area contributed by atoms with Gasteiger partial charge in [0.1, 0.15) is 8.24 Å². The lowest BCUT2D eigenvalue weighted by atomic mass is 10.5. The molecule has 1 heterocycles. The summed E-state index contributed by atoms with van der Waals surface area (Å²) in [5, 5.41) is 0. The van der Waals surface area contributed by atoms with Crippen molar-refractivity contribution in [1.29, 1.82) is 0 Å². The molecule has 0 aromatic heterocycles. The summed E-state index contributed by atoms with van der Waals surface area (Å²) in [5.74, 6) is 0.00448. The highest BCUT2D eigenvalue weighted by molar-refractivity contribution is 6.78. The zero-order valence-corrected chi connectivity index (χ0v) is 14.0. The lowest BCUT2D eigenvalue weighted by molar-refractivity contribution is -0.135. The number of rotatable bonds is 5. The molecule has 1 aliphatic rings. The van der Waals surface area contributed by atoms with Crippen molar-refractivity contribution in [2.24, 2.45) is 0 Å². The third kappa shape index (κ3) is 3.93. The Balaban J connectivity index is 2.59. The summed E-state index contributed by atoms with van der Waals surface area (Å²) in [6.07, 6.45) is 1.27. The zero-order chi connectivity index (χ0) is 13.1. The Bertz CT molecular complexity index is 272. The highest BCUT2D eigenvalue weighted by Crippen LogP contribution is 2.32. The molecule has 1 rings (SSSR count). The van der Waals surface area contributed by atoms with E-state index in [2.05, 4.69) is 38.1 Å². The van der Waals surface area contributed by atoms with Crippen molar-refractivity contribution < 1.29 is 9.22 Å². The van der Waals surface area contributed by atoms with Crippen molar-refractivity contribution in [3.05, 3.63) is 0 Å². The van der Waals surface area contributed by atoms with Gasteiger partial charge in [0.15, 0.2) is 0 Å². The lowest BCUT2D eigenvalue weighted by Gasteiger charge is -2.35. The fourth-order valence-corrected chi connectivity index (χ4v) is 7.90. The number of carbonyl (C=O) groups is 1. The van der Waals surface area contributed by atoms with Gasteiger partial charge in [0, 0.05) is 0 Å². The molecule has 1 saturated heterocycles. The minimum Gasteiger partial charge on any atom is -0.519 e. The quantitative estimate of drug-likeness (QED) is 0.721. The van der Waals surface area contributed by atoms with E-state index in [1.54, 1.807) is 0 Å². The molecule has 0 saturated carbocycles. The van der Waals surface area contributed by atoms with E-state index in [0.29, 0.717) is 6.54 Å². The summed E-state index contributed by atoms with van der Waals surface area (Å²) in [6, 6.07) is 3.90. The molecule has 5 heteroatoms. The van der Waals surface area contributed by atoms with E-state index in [9.17, 15) is 4.79 Å². The van der Waals surface area contributed by atoms with Crippen LogP contribution in [0.25, 0.3) is 0 Å². The van der Waals surface area contributed by atoms with E-state index in [4.69, 9.17) is 4.43 Å². The first-order chi connectivity index (χ1) is 7.83. The minimum atomic E-state index is -1.72. The van der Waals surface area contributed by atoms with Gasteiger partial charge in [-0.05, 0) is 50.7 Å². The Hall–Kier alpha value is -0.136. The molecule has 0 radical (unpaired) electrons. The second-order valence-electron chi connectivity index (χ2n) is 6.04. The van der Waals surface area contributed by atoms with E-state index < -0.39 is 16.6 Å². The fourth-order valence-electron chi connectivity index (χ4n) is 2.82. The number of nitrogens with zero attached hydrogens (tertiary/aromatic N) is 1. The summed E-state index contributed by atoms with van der Waals surface area (Å²) in [5.41, 5.74) is 0. The highest BCUT2D eigenvalue weighted by atomic mass is 28.4. The predicted molar refractivity (Wildman–Crippen MR) is 77.2 cm³/mol. The lowest BCUT2D eigenvalue weighted by Crippen LogP contribution is -2.50. The van der Waals surface area contributed by atoms with Crippen LogP contribution in [0.1, 0.15) is 20.3 Å². The van der Waals surface area contributed by atoms with Gasteiger partial charge in [0.25, 0.3) is 0 Å². The highest BCUT2D eigenvalue weighted by Gasteiger charge is 2.41. The predicted octanol–water partition coefficient (Wildman–Crippen LogP) is 3.06. The molecule has 3 nitrogen and oxygen atoms in total. The van der Waals surface area contributed by atoms with E-state index in [1.807, 2.05) is 0 Å². The number of carbonyl (C=O) groups excluding carboxylic acids is 1. The van der Waals surface area contributed by atoms with Crippen LogP contribution in [0.15, 0.2) is 0 Å². The van der Waals surface area contributed by atoms with Gasteiger partial charge in [0.05, 0.1) is 6.54 Å². The molecule has 0 aromatic carbocycles. The normalized spacial score (nSPS) is 20.5. The van der Waals surface area contributed by atoms with E-state index in [1.165, 1.54) is 24.6 Å². The number of hydrogen-bond donors (Lipinski definition) is 0. The standard InChI is InChI=1S/C12H27NO2Si2/c1-6-17(7-2)10-8-9-13(17)11-12(14)15-16(3,4)5/h6-11H2,1-5H3. The van der Waals surface area contributed by atoms with Gasteiger partial charge in [-0.3, -0.25) is 4.79 Å². The Morgan fingerprint density at radius 3 is 2.35 bits per heavy atom. The van der Waals surface area contributed by atoms with Crippen LogP contribution in [0.3, 0.4) is 0 Å². The van der Waals surface area contributed by atoms with Crippen molar-refractivity contribution in [2.45, 2.75) is 58.0 Å². The topological polar surface area (TPSA) is 29.5 Å². The van der Waals surface area contributed by atoms with Crippen LogP contribution in [0, 0.1) is 0 Å². The third-order valence-electron chi connectivity index (χ3n) is 3.80. The Morgan fingerprint density at radius 1 is 1.29 bits per heavy atom. The van der Waals surface area contributed by atoms with E-state index in [0.717, 1.165) is 6.54 Å². The van der Waals surface area contributed by atoms with Crippen LogP contribution < -0.4 is 0 Å². The first kappa shape index (κ1) is 14.9. The SMILES string of the molecule is CC[Si]1(CC)CCCN1CC(=O)O[Si](C)(C)C. The molecular formula is C12H27NO2Si2. The van der Waals surface area contributed by atoms with Gasteiger partial charge in [0.2, 0.25) is 8.32 Å². The van der Waals surface area contributed by atoms with Crippen molar-refractivity contribution in [3.8, 4) is 0 Å². The number of hydrogen-bond acceptors (Lipinski definition) is 3. The monoisotopic (exact) mass is 273 g/mol. The van der Waals surface area contributed by atoms with Crippen LogP contribution in [0.2, 0.25) is 37.8 Å². The van der Waals surface area contributed by atoms with Gasteiger partial charge in [-0.15, -0.1) is 0 Å². The largest absolute Gasteiger partial charge is 0.519 e. The second-order valence-corrected chi connectivity index (χ2v) is 15.5. The molecule has 100 valence electrons. The smallest absolute Gasteiger partial charge is 0.306 e. The Labute approximate surface area is 108 Å².